The molecular weight excluding hydrogens is 294 g/mol. The van der Waals surface area contributed by atoms with Gasteiger partial charge < -0.3 is 4.74 Å². The van der Waals surface area contributed by atoms with Gasteiger partial charge in [-0.2, -0.15) is 0 Å². The molecule has 0 spiro atoms. The number of nitrogens with zero attached hydrogens (tertiary/aromatic N) is 1. The Hall–Kier alpha value is -1.39. The second-order valence-electron chi connectivity index (χ2n) is 4.25. The molecule has 0 unspecified atom stereocenters. The molecule has 8 nitrogen and oxygen atoms in total. The highest BCUT2D eigenvalue weighted by molar-refractivity contribution is 7.92. The van der Waals surface area contributed by atoms with E-state index in [2.05, 4.69) is 9.71 Å². The van der Waals surface area contributed by atoms with Crippen LogP contribution in [0.2, 0.25) is 0 Å². The maximum Gasteiger partial charge on any atom is 0.241 e. The molecule has 0 amide bonds. The summed E-state index contributed by atoms with van der Waals surface area (Å²) in [6.07, 6.45) is 3.72. The number of anilines is 1. The van der Waals surface area contributed by atoms with Gasteiger partial charge in [-0.3, -0.25) is 4.72 Å². The van der Waals surface area contributed by atoms with Crippen LogP contribution in [0.4, 0.5) is 5.82 Å². The van der Waals surface area contributed by atoms with E-state index in [4.69, 9.17) is 9.88 Å². The van der Waals surface area contributed by atoms with E-state index in [-0.39, 0.29) is 22.6 Å². The monoisotopic (exact) mass is 307 g/mol. The lowest BCUT2D eigenvalue weighted by atomic mass is 10.4. The van der Waals surface area contributed by atoms with Crippen LogP contribution in [0.1, 0.15) is 12.8 Å². The van der Waals surface area contributed by atoms with Crippen molar-refractivity contribution in [1.82, 2.24) is 4.98 Å². The minimum atomic E-state index is -4.03. The van der Waals surface area contributed by atoms with Crippen LogP contribution in [-0.2, 0) is 20.0 Å². The molecule has 1 aromatic heterocycles. The zero-order chi connectivity index (χ0) is 14.3. The normalized spacial score (nSPS) is 16.1. The maximum atomic E-state index is 11.5. The van der Waals surface area contributed by atoms with E-state index in [0.717, 1.165) is 31.4 Å². The van der Waals surface area contributed by atoms with Crippen molar-refractivity contribution in [3.05, 3.63) is 12.3 Å². The summed E-state index contributed by atoms with van der Waals surface area (Å²) in [6.45, 7) is 0. The number of ether oxygens (including phenoxy) is 1. The molecule has 1 fully saturated rings. The van der Waals surface area contributed by atoms with Crippen LogP contribution in [0.25, 0.3) is 0 Å². The minimum absolute atomic E-state index is 0.0315. The summed E-state index contributed by atoms with van der Waals surface area (Å²) in [5.41, 5.74) is 0. The molecule has 0 aliphatic heterocycles. The maximum absolute atomic E-state index is 11.5. The SMILES string of the molecule is CS(=O)(=O)Nc1cc(S(N)(=O)=O)c(OC2CC2)cn1. The number of pyridine rings is 1. The predicted molar refractivity (Wildman–Crippen MR) is 67.7 cm³/mol. The zero-order valence-electron chi connectivity index (χ0n) is 10.0. The van der Waals surface area contributed by atoms with Crippen molar-refractivity contribution in [2.24, 2.45) is 5.14 Å². The van der Waals surface area contributed by atoms with Gasteiger partial charge in [0.1, 0.15) is 10.7 Å². The first-order valence-electron chi connectivity index (χ1n) is 5.32. The Balaban J connectivity index is 2.41. The molecule has 0 bridgehead atoms. The van der Waals surface area contributed by atoms with E-state index in [9.17, 15) is 16.8 Å². The van der Waals surface area contributed by atoms with Gasteiger partial charge in [-0.25, -0.2) is 27.0 Å². The largest absolute Gasteiger partial charge is 0.487 e. The topological polar surface area (TPSA) is 128 Å². The molecule has 0 aromatic carbocycles. The van der Waals surface area contributed by atoms with E-state index in [1.54, 1.807) is 0 Å². The minimum Gasteiger partial charge on any atom is -0.487 e. The van der Waals surface area contributed by atoms with Crippen molar-refractivity contribution < 1.29 is 21.6 Å². The third kappa shape index (κ3) is 4.04. The van der Waals surface area contributed by atoms with Gasteiger partial charge in [0.05, 0.1) is 18.6 Å². The van der Waals surface area contributed by atoms with Crippen LogP contribution in [0, 0.1) is 0 Å². The number of nitrogens with two attached hydrogens (primary N) is 1. The summed E-state index contributed by atoms with van der Waals surface area (Å²) in [7, 11) is -7.58. The Morgan fingerprint density at radius 3 is 2.47 bits per heavy atom. The van der Waals surface area contributed by atoms with Crippen LogP contribution in [0.5, 0.6) is 5.75 Å². The summed E-state index contributed by atoms with van der Waals surface area (Å²) in [5.74, 6) is -0.0984. The molecule has 0 atom stereocenters. The van der Waals surface area contributed by atoms with Gasteiger partial charge in [0.25, 0.3) is 0 Å². The summed E-state index contributed by atoms with van der Waals surface area (Å²) in [5, 5.41) is 5.07. The molecule has 1 aliphatic rings. The van der Waals surface area contributed by atoms with Crippen molar-refractivity contribution in [1.29, 1.82) is 0 Å². The second kappa shape index (κ2) is 4.62. The van der Waals surface area contributed by atoms with E-state index in [1.165, 1.54) is 0 Å². The highest BCUT2D eigenvalue weighted by Crippen LogP contribution is 2.31. The van der Waals surface area contributed by atoms with E-state index >= 15 is 0 Å². The second-order valence-corrected chi connectivity index (χ2v) is 7.53. The average molecular weight is 307 g/mol. The van der Waals surface area contributed by atoms with E-state index in [0.29, 0.717) is 0 Å². The number of hydrogen-bond acceptors (Lipinski definition) is 6. The van der Waals surface area contributed by atoms with Gasteiger partial charge in [0.15, 0.2) is 5.75 Å². The average Bonchev–Trinajstić information content (AvgIpc) is 3.00. The Bertz CT molecular complexity index is 695. The molecule has 1 saturated carbocycles. The van der Waals surface area contributed by atoms with Crippen molar-refractivity contribution in [3.63, 3.8) is 0 Å². The number of rotatable bonds is 5. The van der Waals surface area contributed by atoms with E-state index in [1.807, 2.05) is 0 Å². The van der Waals surface area contributed by atoms with Crippen LogP contribution in [0.3, 0.4) is 0 Å². The molecule has 1 aromatic rings. The third-order valence-electron chi connectivity index (χ3n) is 2.25. The molecular formula is C9H13N3O5S2. The number of primary sulfonamides is 1. The van der Waals surface area contributed by atoms with Crippen LogP contribution in [-0.4, -0.2) is 34.2 Å². The number of nitrogens with one attached hydrogen (secondary N) is 1. The van der Waals surface area contributed by atoms with Crippen molar-refractivity contribution in [2.45, 2.75) is 23.8 Å². The molecule has 1 heterocycles. The number of hydrogen-bond donors (Lipinski definition) is 2. The molecule has 10 heteroatoms. The highest BCUT2D eigenvalue weighted by atomic mass is 32.2. The zero-order valence-corrected chi connectivity index (χ0v) is 11.7. The van der Waals surface area contributed by atoms with Crippen molar-refractivity contribution >= 4 is 25.9 Å². The van der Waals surface area contributed by atoms with E-state index < -0.39 is 20.0 Å². The third-order valence-corrected chi connectivity index (χ3v) is 3.76. The molecule has 0 saturated heterocycles. The molecule has 19 heavy (non-hydrogen) atoms. The summed E-state index contributed by atoms with van der Waals surface area (Å²) in [6, 6.07) is 1.04. The molecule has 0 radical (unpaired) electrons. The van der Waals surface area contributed by atoms with Gasteiger partial charge in [-0.1, -0.05) is 0 Å². The van der Waals surface area contributed by atoms with Crippen LogP contribution < -0.4 is 14.6 Å². The Morgan fingerprint density at radius 1 is 1.37 bits per heavy atom. The first kappa shape index (κ1) is 14.0. The Labute approximate surface area is 111 Å². The molecule has 1 aliphatic carbocycles. The lowest BCUT2D eigenvalue weighted by molar-refractivity contribution is 0.294. The number of sulfonamides is 2. The van der Waals surface area contributed by atoms with Crippen LogP contribution >= 0.6 is 0 Å². The Morgan fingerprint density at radius 2 is 2.00 bits per heavy atom. The first-order chi connectivity index (χ1) is 8.65. The van der Waals surface area contributed by atoms with Crippen molar-refractivity contribution in [2.75, 3.05) is 11.0 Å². The fourth-order valence-corrected chi connectivity index (χ4v) is 2.50. The predicted octanol–water partition coefficient (Wildman–Crippen LogP) is -0.358. The first-order valence-corrected chi connectivity index (χ1v) is 8.76. The van der Waals surface area contributed by atoms with Crippen LogP contribution in [0.15, 0.2) is 17.2 Å². The summed E-state index contributed by atoms with van der Waals surface area (Å²) >= 11 is 0. The summed E-state index contributed by atoms with van der Waals surface area (Å²) < 4.78 is 52.5. The fourth-order valence-electron chi connectivity index (χ4n) is 1.35. The molecule has 106 valence electrons. The van der Waals surface area contributed by atoms with Gasteiger partial charge in [-0.15, -0.1) is 0 Å². The lowest BCUT2D eigenvalue weighted by Gasteiger charge is -2.10. The fraction of sp³-hybridized carbons (Fsp3) is 0.444. The smallest absolute Gasteiger partial charge is 0.241 e. The standard InChI is InChI=1S/C9H13N3O5S2/c1-18(13,14)12-9-4-8(19(10,15)16)7(5-11-9)17-6-2-3-6/h4-6H,2-3H2,1H3,(H,11,12)(H2,10,15,16). The van der Waals surface area contributed by atoms with Gasteiger partial charge in [-0.05, 0) is 12.8 Å². The molecule has 2 rings (SSSR count). The van der Waals surface area contributed by atoms with Crippen molar-refractivity contribution in [3.8, 4) is 5.75 Å². The van der Waals surface area contributed by atoms with Gasteiger partial charge in [0.2, 0.25) is 20.0 Å². The quantitative estimate of drug-likeness (QED) is 0.764. The van der Waals surface area contributed by atoms with Gasteiger partial charge in [0, 0.05) is 6.07 Å². The lowest BCUT2D eigenvalue weighted by Crippen LogP contribution is -2.17. The summed E-state index contributed by atoms with van der Waals surface area (Å²) in [4.78, 5) is 3.49. The molecule has 3 N–H and O–H groups in total. The number of aromatic nitrogens is 1. The Kier molecular flexibility index (Phi) is 3.41. The van der Waals surface area contributed by atoms with Gasteiger partial charge >= 0.3 is 0 Å². The highest BCUT2D eigenvalue weighted by Gasteiger charge is 2.27.